The summed E-state index contributed by atoms with van der Waals surface area (Å²) >= 11 is 11.4. The molecule has 4 heteroatoms. The predicted molar refractivity (Wildman–Crippen MR) is 44.4 cm³/mol. The molecule has 11 heavy (non-hydrogen) atoms. The summed E-state index contributed by atoms with van der Waals surface area (Å²) in [6.07, 6.45) is 2.02. The molecule has 0 bridgehead atoms. The van der Waals surface area contributed by atoms with Crippen LogP contribution in [0.5, 0.6) is 0 Å². The molecule has 0 radical (unpaired) electrons. The van der Waals surface area contributed by atoms with Crippen molar-refractivity contribution in [2.24, 2.45) is 0 Å². The highest BCUT2D eigenvalue weighted by Gasteiger charge is 2.06. The Kier molecular flexibility index (Phi) is 2.47. The van der Waals surface area contributed by atoms with Crippen LogP contribution < -0.4 is 0 Å². The molecule has 0 saturated heterocycles. The van der Waals surface area contributed by atoms with Crippen molar-refractivity contribution in [2.45, 2.75) is 6.92 Å². The van der Waals surface area contributed by atoms with E-state index in [4.69, 9.17) is 23.2 Å². The molecule has 0 aromatic carbocycles. The molecule has 0 atom stereocenters. The van der Waals surface area contributed by atoms with E-state index in [1.807, 2.05) is 0 Å². The van der Waals surface area contributed by atoms with Gasteiger partial charge in [0.2, 0.25) is 0 Å². The minimum Gasteiger partial charge on any atom is -0.298 e. The lowest BCUT2D eigenvalue weighted by Crippen LogP contribution is -1.89. The van der Waals surface area contributed by atoms with Crippen molar-refractivity contribution in [3.63, 3.8) is 0 Å². The third-order valence-electron chi connectivity index (χ3n) is 1.29. The van der Waals surface area contributed by atoms with Gasteiger partial charge >= 0.3 is 0 Å². The van der Waals surface area contributed by atoms with Gasteiger partial charge in [0.15, 0.2) is 6.29 Å². The molecule has 0 aliphatic heterocycles. The molecule has 0 unspecified atom stereocenters. The average Bonchev–Trinajstić information content (AvgIpc) is 2.01. The molecule has 2 nitrogen and oxygen atoms in total. The predicted octanol–water partition coefficient (Wildman–Crippen LogP) is 2.51. The summed E-state index contributed by atoms with van der Waals surface area (Å²) in [6, 6.07) is 0. The van der Waals surface area contributed by atoms with Gasteiger partial charge in [-0.05, 0) is 6.92 Å². The zero-order valence-corrected chi connectivity index (χ0v) is 7.28. The number of aldehydes is 1. The minimum atomic E-state index is 0.272. The fraction of sp³-hybridized carbons (Fsp3) is 0.143. The van der Waals surface area contributed by atoms with Gasteiger partial charge in [0.05, 0.1) is 21.3 Å². The van der Waals surface area contributed by atoms with Gasteiger partial charge in [0.1, 0.15) is 0 Å². The number of aromatic nitrogens is 1. The number of halogens is 2. The van der Waals surface area contributed by atoms with Gasteiger partial charge in [0.25, 0.3) is 0 Å². The van der Waals surface area contributed by atoms with E-state index >= 15 is 0 Å². The first-order valence-corrected chi connectivity index (χ1v) is 3.68. The van der Waals surface area contributed by atoms with Crippen LogP contribution >= 0.6 is 23.2 Å². The van der Waals surface area contributed by atoms with Crippen molar-refractivity contribution in [3.05, 3.63) is 27.5 Å². The molecule has 0 aliphatic rings. The lowest BCUT2D eigenvalue weighted by atomic mass is 10.3. The van der Waals surface area contributed by atoms with E-state index in [0.29, 0.717) is 22.6 Å². The van der Waals surface area contributed by atoms with Gasteiger partial charge in [-0.2, -0.15) is 0 Å². The van der Waals surface area contributed by atoms with Crippen LogP contribution in [0.1, 0.15) is 16.1 Å². The summed E-state index contributed by atoms with van der Waals surface area (Å²) in [7, 11) is 0. The Balaban J connectivity index is 3.36. The van der Waals surface area contributed by atoms with Crippen LogP contribution in [0.3, 0.4) is 0 Å². The van der Waals surface area contributed by atoms with Crippen LogP contribution in [0, 0.1) is 6.92 Å². The lowest BCUT2D eigenvalue weighted by molar-refractivity contribution is 0.112. The highest BCUT2D eigenvalue weighted by atomic mass is 35.5. The van der Waals surface area contributed by atoms with Crippen molar-refractivity contribution in [1.29, 1.82) is 0 Å². The van der Waals surface area contributed by atoms with Crippen molar-refractivity contribution in [3.8, 4) is 0 Å². The Morgan fingerprint density at radius 1 is 1.45 bits per heavy atom. The maximum atomic E-state index is 10.3. The van der Waals surface area contributed by atoms with Gasteiger partial charge in [-0.15, -0.1) is 0 Å². The highest BCUT2D eigenvalue weighted by Crippen LogP contribution is 2.26. The first-order chi connectivity index (χ1) is 5.16. The van der Waals surface area contributed by atoms with E-state index in [1.165, 1.54) is 6.20 Å². The van der Waals surface area contributed by atoms with E-state index in [1.54, 1.807) is 6.92 Å². The molecule has 0 fully saturated rings. The van der Waals surface area contributed by atoms with Crippen LogP contribution in [-0.4, -0.2) is 11.3 Å². The van der Waals surface area contributed by atoms with Crippen LogP contribution in [0.15, 0.2) is 6.20 Å². The molecular weight excluding hydrogens is 185 g/mol. The number of hydrogen-bond acceptors (Lipinski definition) is 2. The van der Waals surface area contributed by atoms with Crippen LogP contribution in [0.25, 0.3) is 0 Å². The number of carbonyl (C=O) groups excluding carboxylic acids is 1. The summed E-state index contributed by atoms with van der Waals surface area (Å²) in [5.74, 6) is 0. The number of aryl methyl sites for hydroxylation is 1. The average molecular weight is 190 g/mol. The van der Waals surface area contributed by atoms with Gasteiger partial charge < -0.3 is 0 Å². The maximum Gasteiger partial charge on any atom is 0.153 e. The highest BCUT2D eigenvalue weighted by molar-refractivity contribution is 6.43. The second-order valence-electron chi connectivity index (χ2n) is 2.04. The first kappa shape index (κ1) is 8.50. The molecule has 1 rings (SSSR count). The fourth-order valence-corrected chi connectivity index (χ4v) is 1.04. The number of hydrogen-bond donors (Lipinski definition) is 0. The second-order valence-corrected chi connectivity index (χ2v) is 2.80. The van der Waals surface area contributed by atoms with E-state index in [-0.39, 0.29) is 5.02 Å². The Morgan fingerprint density at radius 2 is 2.09 bits per heavy atom. The number of pyridine rings is 1. The zero-order chi connectivity index (χ0) is 8.43. The second kappa shape index (κ2) is 3.20. The standard InChI is InChI=1S/C7H5Cl2NO/c1-4-6(8)7(9)5(3-11)2-10-4/h2-3H,1H3. The monoisotopic (exact) mass is 189 g/mol. The van der Waals surface area contributed by atoms with E-state index in [0.717, 1.165) is 0 Å². The number of nitrogens with zero attached hydrogens (tertiary/aromatic N) is 1. The molecular formula is C7H5Cl2NO. The van der Waals surface area contributed by atoms with E-state index in [2.05, 4.69) is 4.98 Å². The van der Waals surface area contributed by atoms with Crippen molar-refractivity contribution < 1.29 is 4.79 Å². The molecule has 0 aliphatic carbocycles. The van der Waals surface area contributed by atoms with Gasteiger partial charge in [-0.25, -0.2) is 0 Å². The van der Waals surface area contributed by atoms with Gasteiger partial charge in [-0.3, -0.25) is 9.78 Å². The molecule has 1 aromatic rings. The molecule has 0 amide bonds. The zero-order valence-electron chi connectivity index (χ0n) is 5.77. The molecule has 1 heterocycles. The minimum absolute atomic E-state index is 0.272. The van der Waals surface area contributed by atoms with Crippen LogP contribution in [-0.2, 0) is 0 Å². The number of rotatable bonds is 1. The normalized spacial score (nSPS) is 9.73. The van der Waals surface area contributed by atoms with Gasteiger partial charge in [0, 0.05) is 6.20 Å². The van der Waals surface area contributed by atoms with E-state index in [9.17, 15) is 4.79 Å². The third kappa shape index (κ3) is 1.52. The smallest absolute Gasteiger partial charge is 0.153 e. The molecule has 0 spiro atoms. The summed E-state index contributed by atoms with van der Waals surface area (Å²) in [5.41, 5.74) is 0.949. The van der Waals surface area contributed by atoms with Crippen molar-refractivity contribution >= 4 is 29.5 Å². The Hall–Kier alpha value is -0.600. The number of carbonyl (C=O) groups is 1. The van der Waals surface area contributed by atoms with E-state index < -0.39 is 0 Å². The summed E-state index contributed by atoms with van der Waals surface area (Å²) < 4.78 is 0. The van der Waals surface area contributed by atoms with Crippen LogP contribution in [0.4, 0.5) is 0 Å². The maximum absolute atomic E-state index is 10.3. The molecule has 0 saturated carbocycles. The topological polar surface area (TPSA) is 30.0 Å². The first-order valence-electron chi connectivity index (χ1n) is 2.92. The Morgan fingerprint density at radius 3 is 2.64 bits per heavy atom. The lowest BCUT2D eigenvalue weighted by Gasteiger charge is -2.00. The van der Waals surface area contributed by atoms with Gasteiger partial charge in [-0.1, -0.05) is 23.2 Å². The van der Waals surface area contributed by atoms with Crippen molar-refractivity contribution in [2.75, 3.05) is 0 Å². The Bertz CT molecular complexity index is 299. The van der Waals surface area contributed by atoms with Crippen molar-refractivity contribution in [1.82, 2.24) is 4.98 Å². The third-order valence-corrected chi connectivity index (χ3v) is 2.25. The molecule has 0 N–H and O–H groups in total. The summed E-state index contributed by atoms with van der Waals surface area (Å²) in [6.45, 7) is 1.72. The van der Waals surface area contributed by atoms with Crippen LogP contribution in [0.2, 0.25) is 10.0 Å². The SMILES string of the molecule is Cc1ncc(C=O)c(Cl)c1Cl. The largest absolute Gasteiger partial charge is 0.298 e. The quantitative estimate of drug-likeness (QED) is 0.636. The molecule has 1 aromatic heterocycles. The summed E-state index contributed by atoms with van der Waals surface area (Å²) in [5, 5.41) is 0.616. The summed E-state index contributed by atoms with van der Waals surface area (Å²) in [4.78, 5) is 14.2. The Labute approximate surface area is 74.1 Å². The molecule has 58 valence electrons. The fourth-order valence-electron chi connectivity index (χ4n) is 0.647.